The van der Waals surface area contributed by atoms with Crippen LogP contribution in [-0.4, -0.2) is 49.2 Å². The molecule has 1 aromatic rings. The van der Waals surface area contributed by atoms with E-state index < -0.39 is 12.8 Å². The van der Waals surface area contributed by atoms with Crippen molar-refractivity contribution in [2.75, 3.05) is 26.9 Å². The molecule has 0 aliphatic rings. The van der Waals surface area contributed by atoms with Crippen LogP contribution in [0.1, 0.15) is 18.6 Å². The molecule has 0 saturated carbocycles. The number of aromatic nitrogens is 2. The van der Waals surface area contributed by atoms with Crippen LogP contribution in [0.2, 0.25) is 0 Å². The Hall–Kier alpha value is -1.19. The number of alkyl halides is 3. The molecule has 0 fully saturated rings. The first-order valence-electron chi connectivity index (χ1n) is 6.13. The van der Waals surface area contributed by atoms with Gasteiger partial charge in [-0.3, -0.25) is 0 Å². The van der Waals surface area contributed by atoms with E-state index in [9.17, 15) is 13.2 Å². The number of nitrogens with zero attached hydrogens (tertiary/aromatic N) is 2. The van der Waals surface area contributed by atoms with Gasteiger partial charge in [0.15, 0.2) is 5.82 Å². The van der Waals surface area contributed by atoms with Gasteiger partial charge in [0.25, 0.3) is 0 Å². The van der Waals surface area contributed by atoms with Crippen molar-refractivity contribution in [1.29, 1.82) is 0 Å². The van der Waals surface area contributed by atoms with Crippen molar-refractivity contribution in [3.63, 3.8) is 0 Å². The second kappa shape index (κ2) is 8.18. The third kappa shape index (κ3) is 6.83. The van der Waals surface area contributed by atoms with E-state index >= 15 is 0 Å². The highest BCUT2D eigenvalue weighted by atomic mass is 19.4. The third-order valence-electron chi connectivity index (χ3n) is 2.29. The molecule has 0 amide bonds. The molecule has 1 unspecified atom stereocenters. The average molecular weight is 297 g/mol. The van der Waals surface area contributed by atoms with Gasteiger partial charge in [-0.2, -0.15) is 18.2 Å². The largest absolute Gasteiger partial charge is 0.411 e. The summed E-state index contributed by atoms with van der Waals surface area (Å²) in [6, 6.07) is 0.00870. The van der Waals surface area contributed by atoms with Gasteiger partial charge in [0.2, 0.25) is 5.89 Å². The summed E-state index contributed by atoms with van der Waals surface area (Å²) in [5.74, 6) is 0.426. The Kier molecular flexibility index (Phi) is 6.89. The topological polar surface area (TPSA) is 69.4 Å². The number of hydrogen-bond donors (Lipinski definition) is 1. The molecule has 0 radical (unpaired) electrons. The van der Waals surface area contributed by atoms with Gasteiger partial charge >= 0.3 is 6.18 Å². The number of nitrogens with one attached hydrogen (secondary N) is 1. The van der Waals surface area contributed by atoms with Gasteiger partial charge in [-0.1, -0.05) is 12.1 Å². The molecular formula is C11H18F3N3O3. The smallest absolute Gasteiger partial charge is 0.383 e. The standard InChI is InChI=1S/C11H18F3N3O3/c1-3-15-8(5-18-2)4-10-16-9(17-20-10)6-19-7-11(12,13)14/h8,15H,3-7H2,1-2H3. The van der Waals surface area contributed by atoms with Gasteiger partial charge in [0.1, 0.15) is 13.2 Å². The zero-order valence-electron chi connectivity index (χ0n) is 11.4. The van der Waals surface area contributed by atoms with Gasteiger partial charge < -0.3 is 19.3 Å². The quantitative estimate of drug-likeness (QED) is 0.741. The average Bonchev–Trinajstić information content (AvgIpc) is 2.76. The normalized spacial score (nSPS) is 13.7. The van der Waals surface area contributed by atoms with Crippen LogP contribution in [0.4, 0.5) is 13.2 Å². The van der Waals surface area contributed by atoms with Crippen molar-refractivity contribution < 1.29 is 27.2 Å². The monoisotopic (exact) mass is 297 g/mol. The first kappa shape index (κ1) is 16.9. The number of hydrogen-bond acceptors (Lipinski definition) is 6. The molecule has 1 rings (SSSR count). The zero-order chi connectivity index (χ0) is 15.0. The van der Waals surface area contributed by atoms with Crippen LogP contribution < -0.4 is 5.32 Å². The Balaban J connectivity index is 2.41. The van der Waals surface area contributed by atoms with Crippen molar-refractivity contribution >= 4 is 0 Å². The molecular weight excluding hydrogens is 279 g/mol. The molecule has 0 aliphatic carbocycles. The molecule has 6 nitrogen and oxygen atoms in total. The molecule has 116 valence electrons. The maximum absolute atomic E-state index is 11.9. The first-order valence-corrected chi connectivity index (χ1v) is 6.13. The fourth-order valence-corrected chi connectivity index (χ4v) is 1.58. The van der Waals surface area contributed by atoms with Crippen molar-refractivity contribution in [2.24, 2.45) is 0 Å². The van der Waals surface area contributed by atoms with Gasteiger partial charge in [-0.05, 0) is 6.54 Å². The third-order valence-corrected chi connectivity index (χ3v) is 2.29. The van der Waals surface area contributed by atoms with Crippen LogP contribution in [0.25, 0.3) is 0 Å². The van der Waals surface area contributed by atoms with E-state index in [1.165, 1.54) is 0 Å². The molecule has 9 heteroatoms. The van der Waals surface area contributed by atoms with Gasteiger partial charge in [-0.25, -0.2) is 0 Å². The summed E-state index contributed by atoms with van der Waals surface area (Å²) in [6.07, 6.45) is -3.92. The molecule has 0 spiro atoms. The van der Waals surface area contributed by atoms with Crippen LogP contribution in [0.5, 0.6) is 0 Å². The predicted molar refractivity (Wildman–Crippen MR) is 63.1 cm³/mol. The molecule has 0 aromatic carbocycles. The van der Waals surface area contributed by atoms with Gasteiger partial charge in [0, 0.05) is 19.6 Å². The number of likely N-dealkylation sites (N-methyl/N-ethyl adjacent to an activating group) is 1. The maximum Gasteiger partial charge on any atom is 0.411 e. The summed E-state index contributed by atoms with van der Waals surface area (Å²) in [5, 5.41) is 6.73. The summed E-state index contributed by atoms with van der Waals surface area (Å²) >= 11 is 0. The van der Waals surface area contributed by atoms with Gasteiger partial charge in [-0.15, -0.1) is 0 Å². The number of halogens is 3. The lowest BCUT2D eigenvalue weighted by molar-refractivity contribution is -0.177. The highest BCUT2D eigenvalue weighted by Gasteiger charge is 2.27. The van der Waals surface area contributed by atoms with E-state index in [1.807, 2.05) is 6.92 Å². The summed E-state index contributed by atoms with van der Waals surface area (Å²) in [4.78, 5) is 3.97. The Bertz CT molecular complexity index is 378. The van der Waals surface area contributed by atoms with E-state index in [2.05, 4.69) is 20.2 Å². The Morgan fingerprint density at radius 2 is 2.15 bits per heavy atom. The lowest BCUT2D eigenvalue weighted by atomic mass is 10.2. The second-order valence-corrected chi connectivity index (χ2v) is 4.13. The van der Waals surface area contributed by atoms with Gasteiger partial charge in [0.05, 0.1) is 6.61 Å². The molecule has 0 saturated heterocycles. The Morgan fingerprint density at radius 1 is 1.40 bits per heavy atom. The van der Waals surface area contributed by atoms with E-state index in [-0.39, 0.29) is 18.5 Å². The molecule has 1 N–H and O–H groups in total. The van der Waals surface area contributed by atoms with E-state index in [4.69, 9.17) is 9.26 Å². The van der Waals surface area contributed by atoms with Crippen molar-refractivity contribution in [2.45, 2.75) is 32.2 Å². The predicted octanol–water partition coefficient (Wildman–Crippen LogP) is 1.32. The molecule has 0 bridgehead atoms. The number of rotatable bonds is 9. The lowest BCUT2D eigenvalue weighted by Gasteiger charge is -2.14. The Morgan fingerprint density at radius 3 is 2.75 bits per heavy atom. The minimum atomic E-state index is -4.36. The summed E-state index contributed by atoms with van der Waals surface area (Å²) < 4.78 is 50.1. The highest BCUT2D eigenvalue weighted by Crippen LogP contribution is 2.15. The first-order chi connectivity index (χ1) is 9.44. The number of methoxy groups -OCH3 is 1. The van der Waals surface area contributed by atoms with Crippen molar-refractivity contribution in [1.82, 2.24) is 15.5 Å². The maximum atomic E-state index is 11.9. The number of ether oxygens (including phenoxy) is 2. The lowest BCUT2D eigenvalue weighted by Crippen LogP contribution is -2.35. The molecule has 20 heavy (non-hydrogen) atoms. The van der Waals surface area contributed by atoms with Crippen LogP contribution in [0.3, 0.4) is 0 Å². The van der Waals surface area contributed by atoms with Crippen molar-refractivity contribution in [3.05, 3.63) is 11.7 Å². The molecule has 1 aromatic heterocycles. The molecule has 0 aliphatic heterocycles. The fourth-order valence-electron chi connectivity index (χ4n) is 1.58. The highest BCUT2D eigenvalue weighted by molar-refractivity contribution is 4.88. The summed E-state index contributed by atoms with van der Waals surface area (Å²) in [7, 11) is 1.58. The SMILES string of the molecule is CCNC(COC)Cc1nc(COCC(F)(F)F)no1. The van der Waals surface area contributed by atoms with E-state index in [0.717, 1.165) is 6.54 Å². The molecule has 1 atom stereocenters. The minimum Gasteiger partial charge on any atom is -0.383 e. The summed E-state index contributed by atoms with van der Waals surface area (Å²) in [5.41, 5.74) is 0. The minimum absolute atomic E-state index is 0.00870. The second-order valence-electron chi connectivity index (χ2n) is 4.13. The fraction of sp³-hybridized carbons (Fsp3) is 0.818. The van der Waals surface area contributed by atoms with E-state index in [1.54, 1.807) is 7.11 Å². The van der Waals surface area contributed by atoms with E-state index in [0.29, 0.717) is 18.9 Å². The van der Waals surface area contributed by atoms with Crippen LogP contribution in [0.15, 0.2) is 4.52 Å². The zero-order valence-corrected chi connectivity index (χ0v) is 11.4. The Labute approximate surface area is 114 Å². The molecule has 1 heterocycles. The summed E-state index contributed by atoms with van der Waals surface area (Å²) in [6.45, 7) is 1.51. The van der Waals surface area contributed by atoms with Crippen LogP contribution in [0, 0.1) is 0 Å². The van der Waals surface area contributed by atoms with Crippen LogP contribution in [-0.2, 0) is 22.5 Å². The van der Waals surface area contributed by atoms with Crippen LogP contribution >= 0.6 is 0 Å². The van der Waals surface area contributed by atoms with Crippen molar-refractivity contribution in [3.8, 4) is 0 Å².